The van der Waals surface area contributed by atoms with Gasteiger partial charge in [-0.1, -0.05) is 18.1 Å². The molecule has 2 aromatic heterocycles. The fourth-order valence-electron chi connectivity index (χ4n) is 7.09. The van der Waals surface area contributed by atoms with Gasteiger partial charge in [0.15, 0.2) is 5.82 Å². The number of piperidine rings is 1. The Bertz CT molecular complexity index is 1400. The first-order chi connectivity index (χ1) is 18.6. The van der Waals surface area contributed by atoms with Crippen LogP contribution in [0.1, 0.15) is 37.8 Å². The Balaban J connectivity index is 1.08. The lowest BCUT2D eigenvalue weighted by Gasteiger charge is -2.43. The zero-order chi connectivity index (χ0) is 25.6. The fourth-order valence-corrected chi connectivity index (χ4v) is 7.09. The van der Waals surface area contributed by atoms with Crippen LogP contribution in [0.15, 0.2) is 48.7 Å². The highest BCUT2D eigenvalue weighted by atomic mass is 16.3. The summed E-state index contributed by atoms with van der Waals surface area (Å²) in [5.74, 6) is 8.24. The minimum absolute atomic E-state index is 0.187. The summed E-state index contributed by atoms with van der Waals surface area (Å²) in [7, 11) is 0. The Morgan fingerprint density at radius 1 is 0.947 bits per heavy atom. The topological polar surface area (TPSA) is 94.6 Å². The van der Waals surface area contributed by atoms with E-state index in [1.807, 2.05) is 24.4 Å². The third kappa shape index (κ3) is 4.21. The molecule has 4 unspecified atom stereocenters. The van der Waals surface area contributed by atoms with Crippen LogP contribution >= 0.6 is 0 Å². The molecule has 4 aliphatic rings. The van der Waals surface area contributed by atoms with E-state index in [-0.39, 0.29) is 5.75 Å². The number of hydrogen-bond acceptors (Lipinski definition) is 8. The second-order valence-electron chi connectivity index (χ2n) is 11.2. The van der Waals surface area contributed by atoms with Gasteiger partial charge in [0.2, 0.25) is 0 Å². The Hall–Kier alpha value is -3.83. The predicted octanol–water partition coefficient (Wildman–Crippen LogP) is 3.52. The van der Waals surface area contributed by atoms with Crippen molar-refractivity contribution in [1.29, 1.82) is 0 Å². The summed E-state index contributed by atoms with van der Waals surface area (Å²) in [5, 5.41) is 18.8. The SMILES string of the molecule is Nc1nnc(-c2ccccc2O)cc1N1CC2CCC(C1)N2c1ccnc(C#CCN2CC3CCC2C3)c1. The summed E-state index contributed by atoms with van der Waals surface area (Å²) in [6.45, 7) is 3.77. The first kappa shape index (κ1) is 23.3. The van der Waals surface area contributed by atoms with Gasteiger partial charge in [-0.05, 0) is 74.3 Å². The summed E-state index contributed by atoms with van der Waals surface area (Å²) in [4.78, 5) is 12.0. The summed E-state index contributed by atoms with van der Waals surface area (Å²) < 4.78 is 0. The van der Waals surface area contributed by atoms with Crippen molar-refractivity contribution in [3.05, 3.63) is 54.4 Å². The maximum absolute atomic E-state index is 10.3. The number of benzene rings is 1. The van der Waals surface area contributed by atoms with Crippen molar-refractivity contribution >= 4 is 17.2 Å². The van der Waals surface area contributed by atoms with E-state index in [1.54, 1.807) is 12.1 Å². The third-order valence-corrected chi connectivity index (χ3v) is 8.87. The quantitative estimate of drug-likeness (QED) is 0.518. The van der Waals surface area contributed by atoms with Crippen molar-refractivity contribution in [3.63, 3.8) is 0 Å². The highest BCUT2D eigenvalue weighted by Crippen LogP contribution is 2.39. The van der Waals surface area contributed by atoms with E-state index in [4.69, 9.17) is 5.73 Å². The molecule has 5 heterocycles. The number of nitrogen functional groups attached to an aromatic ring is 1. The van der Waals surface area contributed by atoms with Crippen LogP contribution in [0.4, 0.5) is 17.2 Å². The molecule has 38 heavy (non-hydrogen) atoms. The monoisotopic (exact) mass is 507 g/mol. The van der Waals surface area contributed by atoms with E-state index in [0.29, 0.717) is 29.2 Å². The number of phenols is 1. The molecule has 1 aromatic carbocycles. The Morgan fingerprint density at radius 3 is 2.53 bits per heavy atom. The van der Waals surface area contributed by atoms with E-state index >= 15 is 0 Å². The number of nitrogens with two attached hydrogens (primary N) is 1. The van der Waals surface area contributed by atoms with Crippen LogP contribution in [0.25, 0.3) is 11.3 Å². The number of anilines is 3. The van der Waals surface area contributed by atoms with Gasteiger partial charge in [0.1, 0.15) is 11.4 Å². The van der Waals surface area contributed by atoms with Crippen molar-refractivity contribution in [3.8, 4) is 28.8 Å². The Labute approximate surface area is 223 Å². The van der Waals surface area contributed by atoms with E-state index in [2.05, 4.69) is 53.9 Å². The van der Waals surface area contributed by atoms with Gasteiger partial charge in [-0.3, -0.25) is 4.90 Å². The number of nitrogens with zero attached hydrogens (tertiary/aromatic N) is 6. The maximum Gasteiger partial charge on any atom is 0.169 e. The minimum atomic E-state index is 0.187. The van der Waals surface area contributed by atoms with Crippen LogP contribution in [0.2, 0.25) is 0 Å². The number of aromatic nitrogens is 3. The normalized spacial score (nSPS) is 26.0. The lowest BCUT2D eigenvalue weighted by molar-refractivity contribution is 0.239. The van der Waals surface area contributed by atoms with Crippen LogP contribution in [0, 0.1) is 17.8 Å². The summed E-state index contributed by atoms with van der Waals surface area (Å²) >= 11 is 0. The molecule has 0 spiro atoms. The molecule has 1 aliphatic carbocycles. The minimum Gasteiger partial charge on any atom is -0.507 e. The zero-order valence-electron chi connectivity index (χ0n) is 21.5. The van der Waals surface area contributed by atoms with Crippen molar-refractivity contribution < 1.29 is 5.11 Å². The number of fused-ring (bicyclic) bond motifs is 4. The lowest BCUT2D eigenvalue weighted by atomic mass is 10.1. The molecule has 194 valence electrons. The summed E-state index contributed by atoms with van der Waals surface area (Å²) in [5.41, 5.74) is 10.5. The van der Waals surface area contributed by atoms with Gasteiger partial charge < -0.3 is 20.6 Å². The smallest absolute Gasteiger partial charge is 0.169 e. The molecule has 4 fully saturated rings. The fraction of sp³-hybridized carbons (Fsp3) is 0.433. The van der Waals surface area contributed by atoms with Crippen molar-refractivity contribution in [2.45, 2.75) is 50.2 Å². The lowest BCUT2D eigenvalue weighted by Crippen LogP contribution is -2.54. The molecular formula is C30H33N7O. The van der Waals surface area contributed by atoms with Crippen LogP contribution in [0.5, 0.6) is 5.75 Å². The van der Waals surface area contributed by atoms with Crippen LogP contribution in [-0.2, 0) is 0 Å². The van der Waals surface area contributed by atoms with Gasteiger partial charge in [-0.25, -0.2) is 4.98 Å². The molecule has 3 N–H and O–H groups in total. The number of piperazine rings is 1. The van der Waals surface area contributed by atoms with Crippen LogP contribution in [0.3, 0.4) is 0 Å². The van der Waals surface area contributed by atoms with Gasteiger partial charge in [-0.15, -0.1) is 10.2 Å². The number of aromatic hydroxyl groups is 1. The molecule has 7 rings (SSSR count). The molecule has 4 atom stereocenters. The van der Waals surface area contributed by atoms with Gasteiger partial charge in [0.25, 0.3) is 0 Å². The molecule has 8 heteroatoms. The van der Waals surface area contributed by atoms with Gasteiger partial charge in [0.05, 0.1) is 17.9 Å². The van der Waals surface area contributed by atoms with E-state index in [1.165, 1.54) is 31.5 Å². The van der Waals surface area contributed by atoms with Crippen molar-refractivity contribution in [2.75, 3.05) is 41.7 Å². The van der Waals surface area contributed by atoms with Crippen LogP contribution < -0.4 is 15.5 Å². The van der Waals surface area contributed by atoms with Gasteiger partial charge in [0, 0.05) is 55.2 Å². The Morgan fingerprint density at radius 2 is 1.76 bits per heavy atom. The standard InChI is InChI=1S/C30H33N7O/c31-30-28(16-27(33-34-30)26-5-1-2-6-29(26)38)36-18-24-9-10-25(19-36)37(24)23-11-12-32-21(15-23)4-3-13-35-17-20-7-8-22(35)14-20/h1-2,5-6,11-12,15-16,20,22,24-25,38H,7-10,13-14,17-19H2,(H2,31,34). The number of para-hydroxylation sites is 1. The third-order valence-electron chi connectivity index (χ3n) is 8.87. The average molecular weight is 508 g/mol. The maximum atomic E-state index is 10.3. The molecule has 8 nitrogen and oxygen atoms in total. The first-order valence-electron chi connectivity index (χ1n) is 13.8. The van der Waals surface area contributed by atoms with E-state index in [9.17, 15) is 5.11 Å². The highest BCUT2D eigenvalue weighted by molar-refractivity contribution is 5.74. The molecule has 1 saturated carbocycles. The molecular weight excluding hydrogens is 474 g/mol. The molecule has 3 aromatic rings. The van der Waals surface area contributed by atoms with E-state index < -0.39 is 0 Å². The molecule has 4 bridgehead atoms. The molecule has 3 aliphatic heterocycles. The van der Waals surface area contributed by atoms with Gasteiger partial charge in [-0.2, -0.15) is 0 Å². The number of rotatable bonds is 4. The zero-order valence-corrected chi connectivity index (χ0v) is 21.5. The molecule has 0 amide bonds. The number of likely N-dealkylation sites (tertiary alicyclic amines) is 1. The van der Waals surface area contributed by atoms with Crippen LogP contribution in [-0.4, -0.2) is 69.5 Å². The second kappa shape index (κ2) is 9.48. The van der Waals surface area contributed by atoms with Crippen molar-refractivity contribution in [1.82, 2.24) is 20.1 Å². The average Bonchev–Trinajstić information content (AvgIpc) is 3.63. The van der Waals surface area contributed by atoms with Crippen molar-refractivity contribution in [2.24, 2.45) is 5.92 Å². The van der Waals surface area contributed by atoms with E-state index in [0.717, 1.165) is 55.8 Å². The number of hydrogen-bond donors (Lipinski definition) is 2. The summed E-state index contributed by atoms with van der Waals surface area (Å²) in [6.07, 6.45) is 8.26. The van der Waals surface area contributed by atoms with Gasteiger partial charge >= 0.3 is 0 Å². The molecule has 0 radical (unpaired) electrons. The number of pyridine rings is 1. The number of phenolic OH excluding ortho intramolecular Hbond substituents is 1. The summed E-state index contributed by atoms with van der Waals surface area (Å²) in [6, 6.07) is 14.9. The second-order valence-corrected chi connectivity index (χ2v) is 11.2. The molecule has 3 saturated heterocycles. The predicted molar refractivity (Wildman–Crippen MR) is 149 cm³/mol. The highest BCUT2D eigenvalue weighted by Gasteiger charge is 2.41. The largest absolute Gasteiger partial charge is 0.507 e. The first-order valence-corrected chi connectivity index (χ1v) is 13.8. The Kier molecular flexibility index (Phi) is 5.81.